The van der Waals surface area contributed by atoms with Gasteiger partial charge in [-0.25, -0.2) is 13.2 Å². The Morgan fingerprint density at radius 2 is 1.58 bits per heavy atom. The zero-order valence-corrected chi connectivity index (χ0v) is 13.3. The number of nitrogens with zero attached hydrogens (tertiary/aromatic N) is 2. The Bertz CT molecular complexity index is 989. The van der Waals surface area contributed by atoms with Crippen LogP contribution in [0.3, 0.4) is 0 Å². The van der Waals surface area contributed by atoms with Crippen LogP contribution in [-0.4, -0.2) is 17.6 Å². The van der Waals surface area contributed by atoms with Crippen molar-refractivity contribution in [2.24, 2.45) is 14.1 Å². The van der Waals surface area contributed by atoms with E-state index in [4.69, 9.17) is 0 Å². The maximum absolute atomic E-state index is 12.5. The summed E-state index contributed by atoms with van der Waals surface area (Å²) in [5, 5.41) is 0. The maximum atomic E-state index is 12.5. The van der Waals surface area contributed by atoms with Crippen molar-refractivity contribution in [2.75, 3.05) is 4.72 Å². The quantitative estimate of drug-likeness (QED) is 0.878. The number of aromatic nitrogens is 2. The summed E-state index contributed by atoms with van der Waals surface area (Å²) in [6.07, 6.45) is -3.71. The number of benzene rings is 1. The molecule has 0 bridgehead atoms. The summed E-state index contributed by atoms with van der Waals surface area (Å²) in [6, 6.07) is 3.26. The Balaban J connectivity index is 2.43. The summed E-state index contributed by atoms with van der Waals surface area (Å²) in [4.78, 5) is 22.8. The van der Waals surface area contributed by atoms with Crippen LogP contribution in [0.2, 0.25) is 0 Å². The fourth-order valence-corrected chi connectivity index (χ4v) is 3.12. The van der Waals surface area contributed by atoms with Crippen LogP contribution in [0.25, 0.3) is 0 Å². The molecule has 0 aliphatic carbocycles. The molecule has 0 unspecified atom stereocenters. The van der Waals surface area contributed by atoms with Crippen LogP contribution < -0.4 is 16.0 Å². The van der Waals surface area contributed by atoms with E-state index in [2.05, 4.69) is 0 Å². The molecule has 0 aliphatic heterocycles. The van der Waals surface area contributed by atoms with Crippen molar-refractivity contribution < 1.29 is 21.6 Å². The average molecular weight is 363 g/mol. The van der Waals surface area contributed by atoms with Crippen molar-refractivity contribution in [1.82, 2.24) is 9.13 Å². The molecule has 11 heteroatoms. The van der Waals surface area contributed by atoms with Gasteiger partial charge >= 0.3 is 11.9 Å². The molecular formula is C13H12F3N3O4S. The van der Waals surface area contributed by atoms with Crippen LogP contribution in [0, 0.1) is 0 Å². The molecule has 0 spiro atoms. The van der Waals surface area contributed by atoms with E-state index >= 15 is 0 Å². The van der Waals surface area contributed by atoms with E-state index < -0.39 is 37.9 Å². The van der Waals surface area contributed by atoms with Gasteiger partial charge in [-0.1, -0.05) is 0 Å². The fraction of sp³-hybridized carbons (Fsp3) is 0.231. The van der Waals surface area contributed by atoms with E-state index in [1.807, 2.05) is 4.72 Å². The van der Waals surface area contributed by atoms with Gasteiger partial charge in [-0.3, -0.25) is 14.1 Å². The Morgan fingerprint density at radius 3 is 2.08 bits per heavy atom. The minimum Gasteiger partial charge on any atom is -0.302 e. The number of hydrogen-bond donors (Lipinski definition) is 1. The highest BCUT2D eigenvalue weighted by molar-refractivity contribution is 7.92. The molecule has 1 heterocycles. The summed E-state index contributed by atoms with van der Waals surface area (Å²) < 4.78 is 65.5. The third-order valence-electron chi connectivity index (χ3n) is 3.17. The Hall–Kier alpha value is -2.56. The van der Waals surface area contributed by atoms with E-state index in [0.29, 0.717) is 16.7 Å². The lowest BCUT2D eigenvalue weighted by Crippen LogP contribution is -2.40. The van der Waals surface area contributed by atoms with Gasteiger partial charge in [0.1, 0.15) is 0 Å². The largest absolute Gasteiger partial charge is 0.416 e. The highest BCUT2D eigenvalue weighted by Crippen LogP contribution is 2.30. The number of anilines is 1. The number of rotatable bonds is 3. The normalized spacial score (nSPS) is 12.2. The highest BCUT2D eigenvalue weighted by atomic mass is 32.2. The van der Waals surface area contributed by atoms with Crippen molar-refractivity contribution in [1.29, 1.82) is 0 Å². The second kappa shape index (κ2) is 5.82. The van der Waals surface area contributed by atoms with E-state index in [0.717, 1.165) is 29.9 Å². The topological polar surface area (TPSA) is 90.2 Å². The van der Waals surface area contributed by atoms with Gasteiger partial charge in [0.05, 0.1) is 5.56 Å². The predicted octanol–water partition coefficient (Wildman–Crippen LogP) is 0.904. The lowest BCUT2D eigenvalue weighted by molar-refractivity contribution is -0.137. The van der Waals surface area contributed by atoms with E-state index in [1.54, 1.807) is 0 Å². The van der Waals surface area contributed by atoms with E-state index in [1.165, 1.54) is 7.05 Å². The minimum atomic E-state index is -4.55. The van der Waals surface area contributed by atoms with Gasteiger partial charge < -0.3 is 4.57 Å². The number of sulfonamides is 1. The lowest BCUT2D eigenvalue weighted by atomic mass is 10.2. The molecule has 2 rings (SSSR count). The van der Waals surface area contributed by atoms with Gasteiger partial charge in [-0.05, 0) is 24.3 Å². The van der Waals surface area contributed by atoms with Crippen molar-refractivity contribution in [3.8, 4) is 0 Å². The highest BCUT2D eigenvalue weighted by Gasteiger charge is 2.30. The Labute approximate surface area is 134 Å². The molecule has 0 saturated heterocycles. The zero-order valence-electron chi connectivity index (χ0n) is 12.5. The van der Waals surface area contributed by atoms with Gasteiger partial charge in [-0.15, -0.1) is 0 Å². The fourth-order valence-electron chi connectivity index (χ4n) is 1.90. The molecule has 1 aromatic heterocycles. The van der Waals surface area contributed by atoms with Gasteiger partial charge in [0.15, 0.2) is 4.90 Å². The third-order valence-corrected chi connectivity index (χ3v) is 4.53. The van der Waals surface area contributed by atoms with Crippen LogP contribution in [0.15, 0.2) is 44.9 Å². The molecule has 0 aliphatic rings. The van der Waals surface area contributed by atoms with Crippen LogP contribution in [0.1, 0.15) is 5.56 Å². The first-order valence-corrected chi connectivity index (χ1v) is 7.88. The Morgan fingerprint density at radius 1 is 1.04 bits per heavy atom. The standard InChI is InChI=1S/C13H12F3N3O4S/c1-18-7-10(11(20)19(2)12(18)21)24(22,23)17-9-5-3-8(4-6-9)13(14,15)16/h3-7,17H,1-2H3. The SMILES string of the molecule is Cn1cc(S(=O)(=O)Nc2ccc(C(F)(F)F)cc2)c(=O)n(C)c1=O. The summed E-state index contributed by atoms with van der Waals surface area (Å²) in [5.74, 6) is 0. The molecule has 0 radical (unpaired) electrons. The summed E-state index contributed by atoms with van der Waals surface area (Å²) in [7, 11) is -2.00. The summed E-state index contributed by atoms with van der Waals surface area (Å²) in [6.45, 7) is 0. The number of alkyl halides is 3. The summed E-state index contributed by atoms with van der Waals surface area (Å²) >= 11 is 0. The third kappa shape index (κ3) is 3.35. The zero-order chi connectivity index (χ0) is 18.3. The maximum Gasteiger partial charge on any atom is 0.416 e. The van der Waals surface area contributed by atoms with Crippen molar-refractivity contribution >= 4 is 15.7 Å². The van der Waals surface area contributed by atoms with Crippen LogP contribution >= 0.6 is 0 Å². The van der Waals surface area contributed by atoms with Gasteiger partial charge in [0.25, 0.3) is 15.6 Å². The van der Waals surface area contributed by atoms with Crippen molar-refractivity contribution in [3.63, 3.8) is 0 Å². The molecule has 0 amide bonds. The molecule has 0 atom stereocenters. The molecule has 2 aromatic rings. The number of hydrogen-bond acceptors (Lipinski definition) is 4. The predicted molar refractivity (Wildman–Crippen MR) is 79.2 cm³/mol. The molecular weight excluding hydrogens is 351 g/mol. The number of aryl methyl sites for hydroxylation is 1. The van der Waals surface area contributed by atoms with Crippen molar-refractivity contribution in [3.05, 3.63) is 56.9 Å². The molecule has 1 N–H and O–H groups in total. The average Bonchev–Trinajstić information content (AvgIpc) is 2.48. The second-order valence-corrected chi connectivity index (χ2v) is 6.58. The number of nitrogens with one attached hydrogen (secondary N) is 1. The second-order valence-electron chi connectivity index (χ2n) is 4.93. The first kappa shape index (κ1) is 17.8. The van der Waals surface area contributed by atoms with Gasteiger partial charge in [0, 0.05) is 26.0 Å². The van der Waals surface area contributed by atoms with Crippen LogP contribution in [0.5, 0.6) is 0 Å². The van der Waals surface area contributed by atoms with Gasteiger partial charge in [-0.2, -0.15) is 13.2 Å². The molecule has 1 aromatic carbocycles. The van der Waals surface area contributed by atoms with E-state index in [9.17, 15) is 31.2 Å². The molecule has 0 saturated carbocycles. The lowest BCUT2D eigenvalue weighted by Gasteiger charge is -2.11. The number of halogens is 3. The first-order chi connectivity index (χ1) is 10.9. The molecule has 130 valence electrons. The van der Waals surface area contributed by atoms with Gasteiger partial charge in [0.2, 0.25) is 0 Å². The summed E-state index contributed by atoms with van der Waals surface area (Å²) in [5.41, 5.74) is -2.85. The van der Waals surface area contributed by atoms with Crippen LogP contribution in [0.4, 0.5) is 18.9 Å². The Kier molecular flexibility index (Phi) is 4.31. The monoisotopic (exact) mass is 363 g/mol. The van der Waals surface area contributed by atoms with E-state index in [-0.39, 0.29) is 5.69 Å². The molecule has 7 nitrogen and oxygen atoms in total. The van der Waals surface area contributed by atoms with Crippen LogP contribution in [-0.2, 0) is 30.3 Å². The molecule has 24 heavy (non-hydrogen) atoms. The smallest absolute Gasteiger partial charge is 0.302 e. The minimum absolute atomic E-state index is 0.154. The molecule has 0 fully saturated rings. The first-order valence-electron chi connectivity index (χ1n) is 6.40. The van der Waals surface area contributed by atoms with Crippen molar-refractivity contribution in [2.45, 2.75) is 11.1 Å².